The first-order valence-corrected chi connectivity index (χ1v) is 8.91. The lowest BCUT2D eigenvalue weighted by atomic mass is 9.97. The second-order valence-electron chi connectivity index (χ2n) is 5.51. The predicted molar refractivity (Wildman–Crippen MR) is 78.9 cm³/mol. The smallest absolute Gasteiger partial charge is 0.306 e. The van der Waals surface area contributed by atoms with E-state index in [4.69, 9.17) is 5.11 Å². The second kappa shape index (κ2) is 8.07. The van der Waals surface area contributed by atoms with Crippen LogP contribution < -0.4 is 4.72 Å². The lowest BCUT2D eigenvalue weighted by molar-refractivity contribution is -0.142. The van der Waals surface area contributed by atoms with Crippen LogP contribution in [0, 0.1) is 11.8 Å². The van der Waals surface area contributed by atoms with Crippen molar-refractivity contribution in [2.75, 3.05) is 19.6 Å². The van der Waals surface area contributed by atoms with Crippen LogP contribution in [-0.2, 0) is 15.0 Å². The Bertz CT molecular complexity index is 428. The monoisotopic (exact) mass is 322 g/mol. The summed E-state index contributed by atoms with van der Waals surface area (Å²) in [6.07, 6.45) is 1.54. The number of carbonyl (C=O) groups is 1. The normalized spacial score (nSPS) is 19.8. The third kappa shape index (κ3) is 5.21. The van der Waals surface area contributed by atoms with Gasteiger partial charge in [-0.3, -0.25) is 4.79 Å². The third-order valence-corrected chi connectivity index (χ3v) is 5.79. The van der Waals surface area contributed by atoms with Gasteiger partial charge in [-0.25, -0.2) is 0 Å². The van der Waals surface area contributed by atoms with Gasteiger partial charge < -0.3 is 10.2 Å². The highest BCUT2D eigenvalue weighted by atomic mass is 32.2. The van der Waals surface area contributed by atoms with Crippen molar-refractivity contribution >= 4 is 16.2 Å². The zero-order valence-electron chi connectivity index (χ0n) is 12.7. The van der Waals surface area contributed by atoms with Gasteiger partial charge in [0.1, 0.15) is 0 Å². The highest BCUT2D eigenvalue weighted by Crippen LogP contribution is 2.19. The fourth-order valence-electron chi connectivity index (χ4n) is 2.62. The number of piperidine rings is 1. The standard InChI is InChI=1S/C13H26N2O5S/c1-3-10(4-2)12(16)9-14-21(19,20)15-7-5-11(6-8-15)13(17)18/h10-12,14,16H,3-9H2,1-2H3,(H,17,18). The van der Waals surface area contributed by atoms with E-state index in [0.717, 1.165) is 12.8 Å². The van der Waals surface area contributed by atoms with Crippen LogP contribution in [-0.4, -0.2) is 54.6 Å². The van der Waals surface area contributed by atoms with E-state index in [1.54, 1.807) is 0 Å². The summed E-state index contributed by atoms with van der Waals surface area (Å²) in [7, 11) is -3.65. The number of carboxylic acid groups (broad SMARTS) is 1. The van der Waals surface area contributed by atoms with Gasteiger partial charge in [-0.2, -0.15) is 17.4 Å². The molecule has 0 spiro atoms. The van der Waals surface area contributed by atoms with Crippen LogP contribution in [0.3, 0.4) is 0 Å². The summed E-state index contributed by atoms with van der Waals surface area (Å²) in [4.78, 5) is 10.9. The number of rotatable bonds is 8. The van der Waals surface area contributed by atoms with Gasteiger partial charge in [0.05, 0.1) is 12.0 Å². The largest absolute Gasteiger partial charge is 0.481 e. The number of aliphatic hydroxyl groups excluding tert-OH is 1. The highest BCUT2D eigenvalue weighted by molar-refractivity contribution is 7.87. The molecule has 1 aliphatic heterocycles. The Balaban J connectivity index is 2.49. The zero-order valence-corrected chi connectivity index (χ0v) is 13.5. The Morgan fingerprint density at radius 2 is 1.81 bits per heavy atom. The molecule has 1 fully saturated rings. The average molecular weight is 322 g/mol. The summed E-state index contributed by atoms with van der Waals surface area (Å²) < 4.78 is 27.9. The molecule has 1 atom stereocenters. The van der Waals surface area contributed by atoms with Crippen LogP contribution in [0.25, 0.3) is 0 Å². The molecule has 1 saturated heterocycles. The molecule has 7 nitrogen and oxygen atoms in total. The molecule has 3 N–H and O–H groups in total. The van der Waals surface area contributed by atoms with Crippen molar-refractivity contribution in [3.63, 3.8) is 0 Å². The highest BCUT2D eigenvalue weighted by Gasteiger charge is 2.31. The molecular formula is C13H26N2O5S. The minimum absolute atomic E-state index is 0.00641. The van der Waals surface area contributed by atoms with Crippen LogP contribution in [0.4, 0.5) is 0 Å². The summed E-state index contributed by atoms with van der Waals surface area (Å²) in [5.41, 5.74) is 0. The van der Waals surface area contributed by atoms with Gasteiger partial charge in [0.25, 0.3) is 10.2 Å². The van der Waals surface area contributed by atoms with E-state index in [-0.39, 0.29) is 25.6 Å². The number of aliphatic hydroxyl groups is 1. The van der Waals surface area contributed by atoms with Gasteiger partial charge in [-0.05, 0) is 18.8 Å². The summed E-state index contributed by atoms with van der Waals surface area (Å²) in [5.74, 6) is -1.26. The number of nitrogens with zero attached hydrogens (tertiary/aromatic N) is 1. The van der Waals surface area contributed by atoms with E-state index in [1.807, 2.05) is 13.8 Å². The topological polar surface area (TPSA) is 107 Å². The summed E-state index contributed by atoms with van der Waals surface area (Å²) in [6, 6.07) is 0. The minimum Gasteiger partial charge on any atom is -0.481 e. The van der Waals surface area contributed by atoms with Crippen molar-refractivity contribution in [1.82, 2.24) is 9.03 Å². The molecular weight excluding hydrogens is 296 g/mol. The molecule has 0 amide bonds. The molecule has 0 aromatic carbocycles. The number of nitrogens with one attached hydrogen (secondary N) is 1. The first-order valence-electron chi connectivity index (χ1n) is 7.47. The molecule has 1 unspecified atom stereocenters. The van der Waals surface area contributed by atoms with E-state index in [1.165, 1.54) is 4.31 Å². The predicted octanol–water partition coefficient (Wildman–Crippen LogP) is 0.415. The van der Waals surface area contributed by atoms with Gasteiger partial charge >= 0.3 is 5.97 Å². The van der Waals surface area contributed by atoms with Crippen LogP contribution in [0.1, 0.15) is 39.5 Å². The summed E-state index contributed by atoms with van der Waals surface area (Å²) >= 11 is 0. The molecule has 0 radical (unpaired) electrons. The number of carboxylic acids is 1. The van der Waals surface area contributed by atoms with E-state index < -0.39 is 28.2 Å². The Hall–Kier alpha value is -0.700. The molecule has 0 aromatic rings. The van der Waals surface area contributed by atoms with Crippen LogP contribution in [0.15, 0.2) is 0 Å². The first-order chi connectivity index (χ1) is 9.81. The molecule has 0 bridgehead atoms. The molecule has 0 saturated carbocycles. The molecule has 1 rings (SSSR count). The molecule has 21 heavy (non-hydrogen) atoms. The van der Waals surface area contributed by atoms with Crippen molar-refractivity contribution in [2.24, 2.45) is 11.8 Å². The minimum atomic E-state index is -3.65. The van der Waals surface area contributed by atoms with Crippen LogP contribution >= 0.6 is 0 Å². The lowest BCUT2D eigenvalue weighted by Gasteiger charge is -2.30. The molecule has 0 aromatic heterocycles. The van der Waals surface area contributed by atoms with E-state index in [9.17, 15) is 18.3 Å². The molecule has 1 heterocycles. The summed E-state index contributed by atoms with van der Waals surface area (Å²) in [5, 5.41) is 18.9. The van der Waals surface area contributed by atoms with E-state index in [2.05, 4.69) is 4.72 Å². The third-order valence-electron chi connectivity index (χ3n) is 4.21. The van der Waals surface area contributed by atoms with Gasteiger partial charge in [0.15, 0.2) is 0 Å². The maximum Gasteiger partial charge on any atom is 0.306 e. The van der Waals surface area contributed by atoms with Crippen molar-refractivity contribution in [3.8, 4) is 0 Å². The van der Waals surface area contributed by atoms with Crippen molar-refractivity contribution in [2.45, 2.75) is 45.6 Å². The van der Waals surface area contributed by atoms with Crippen LogP contribution in [0.5, 0.6) is 0 Å². The van der Waals surface area contributed by atoms with E-state index >= 15 is 0 Å². The Kier molecular flexibility index (Phi) is 7.05. The fourth-order valence-corrected chi connectivity index (χ4v) is 3.88. The Morgan fingerprint density at radius 1 is 1.29 bits per heavy atom. The van der Waals surface area contributed by atoms with Gasteiger partial charge in [0.2, 0.25) is 0 Å². The maximum atomic E-state index is 12.1. The molecule has 1 aliphatic rings. The van der Waals surface area contributed by atoms with Crippen molar-refractivity contribution in [1.29, 1.82) is 0 Å². The Morgan fingerprint density at radius 3 is 2.24 bits per heavy atom. The van der Waals surface area contributed by atoms with Crippen molar-refractivity contribution in [3.05, 3.63) is 0 Å². The SMILES string of the molecule is CCC(CC)C(O)CNS(=O)(=O)N1CCC(C(=O)O)CC1. The number of hydrogen-bond acceptors (Lipinski definition) is 4. The van der Waals surface area contributed by atoms with Crippen LogP contribution in [0.2, 0.25) is 0 Å². The maximum absolute atomic E-state index is 12.1. The number of hydrogen-bond donors (Lipinski definition) is 3. The van der Waals surface area contributed by atoms with Gasteiger partial charge in [0, 0.05) is 19.6 Å². The average Bonchev–Trinajstić information content (AvgIpc) is 2.46. The van der Waals surface area contributed by atoms with Crippen molar-refractivity contribution < 1.29 is 23.4 Å². The molecule has 8 heteroatoms. The van der Waals surface area contributed by atoms with Gasteiger partial charge in [-0.1, -0.05) is 26.7 Å². The lowest BCUT2D eigenvalue weighted by Crippen LogP contribution is -2.48. The van der Waals surface area contributed by atoms with E-state index in [0.29, 0.717) is 12.8 Å². The summed E-state index contributed by atoms with van der Waals surface area (Å²) in [6.45, 7) is 4.32. The number of aliphatic carboxylic acids is 1. The van der Waals surface area contributed by atoms with Gasteiger partial charge in [-0.15, -0.1) is 0 Å². The molecule has 0 aliphatic carbocycles. The molecule has 124 valence electrons. The fraction of sp³-hybridized carbons (Fsp3) is 0.923. The second-order valence-corrected chi connectivity index (χ2v) is 7.26. The Labute approximate surface area is 126 Å². The quantitative estimate of drug-likeness (QED) is 0.600. The zero-order chi connectivity index (χ0) is 16.0. The first kappa shape index (κ1) is 18.3.